The average Bonchev–Trinajstić information content (AvgIpc) is 3.58. The van der Waals surface area contributed by atoms with Crippen molar-refractivity contribution in [2.24, 2.45) is 0 Å². The number of hydrogen-bond donors (Lipinski definition) is 0. The van der Waals surface area contributed by atoms with Crippen LogP contribution in [-0.4, -0.2) is 44.0 Å². The fourth-order valence-electron chi connectivity index (χ4n) is 6.65. The van der Waals surface area contributed by atoms with Crippen molar-refractivity contribution >= 4 is 69.5 Å². The monoisotopic (exact) mass is 608 g/mol. The van der Waals surface area contributed by atoms with Gasteiger partial charge in [0.05, 0.1) is 22.3 Å². The lowest BCUT2D eigenvalue weighted by molar-refractivity contribution is 0.673. The predicted octanol–water partition coefficient (Wildman–Crippen LogP) is 9.06. The highest BCUT2D eigenvalue weighted by Crippen LogP contribution is 2.53. The summed E-state index contributed by atoms with van der Waals surface area (Å²) in [7, 11) is 3.98. The maximum atomic E-state index is 6.84. The molecule has 0 unspecified atom stereocenters. The van der Waals surface area contributed by atoms with Gasteiger partial charge in [-0.05, 0) is 81.5 Å². The van der Waals surface area contributed by atoms with Gasteiger partial charge in [0.25, 0.3) is 0 Å². The highest BCUT2D eigenvalue weighted by molar-refractivity contribution is 8.34. The number of benzene rings is 5. The molecule has 6 heteroatoms. The first-order chi connectivity index (χ1) is 21.4. The first-order valence-electron chi connectivity index (χ1n) is 16.1. The van der Waals surface area contributed by atoms with Gasteiger partial charge in [0.15, 0.2) is 0 Å². The third kappa shape index (κ3) is 4.63. The number of hydrogen-bond acceptors (Lipinski definition) is 2. The van der Waals surface area contributed by atoms with Gasteiger partial charge >= 0.3 is 0 Å². The van der Waals surface area contributed by atoms with Crippen LogP contribution in [0.3, 0.4) is 0 Å². The van der Waals surface area contributed by atoms with Gasteiger partial charge in [-0.1, -0.05) is 94.4 Å². The van der Waals surface area contributed by atoms with Crippen molar-refractivity contribution in [3.8, 4) is 17.1 Å². The van der Waals surface area contributed by atoms with E-state index in [0.29, 0.717) is 11.8 Å². The quantitative estimate of drug-likeness (QED) is 0.177. The normalized spacial score (nSPS) is 13.3. The van der Waals surface area contributed by atoms with Crippen molar-refractivity contribution in [3.63, 3.8) is 0 Å². The van der Waals surface area contributed by atoms with E-state index in [-0.39, 0.29) is 4.55 Å². The van der Waals surface area contributed by atoms with Gasteiger partial charge < -0.3 is 4.42 Å². The molecular weight excluding hydrogens is 566 g/mol. The molecule has 2 heterocycles. The second kappa shape index (κ2) is 10.6. The van der Waals surface area contributed by atoms with Crippen molar-refractivity contribution in [1.29, 1.82) is 0 Å². The van der Waals surface area contributed by atoms with Crippen molar-refractivity contribution in [3.05, 3.63) is 108 Å². The fourth-order valence-corrected chi connectivity index (χ4v) is 7.48. The molecule has 0 saturated heterocycles. The minimum Gasteiger partial charge on any atom is -0.455 e. The number of rotatable bonds is 6. The van der Waals surface area contributed by atoms with E-state index >= 15 is 0 Å². The fraction of sp³-hybridized carbons (Fsp3) is 0.256. The van der Waals surface area contributed by atoms with E-state index in [9.17, 15) is 0 Å². The molecule has 0 fully saturated rings. The van der Waals surface area contributed by atoms with Gasteiger partial charge in [0.1, 0.15) is 32.7 Å². The molecule has 0 aliphatic heterocycles. The summed E-state index contributed by atoms with van der Waals surface area (Å²) in [4.78, 5) is 5.36. The van der Waals surface area contributed by atoms with Gasteiger partial charge in [-0.15, -0.1) is 0 Å². The summed E-state index contributed by atoms with van der Waals surface area (Å²) in [6, 6.07) is 32.9. The molecule has 0 radical (unpaired) electrons. The summed E-state index contributed by atoms with van der Waals surface area (Å²) >= 11 is 0. The molecule has 0 aliphatic carbocycles. The Morgan fingerprint density at radius 3 is 2.02 bits per heavy atom. The molecule has 0 atom stereocenters. The number of furan rings is 1. The summed E-state index contributed by atoms with van der Waals surface area (Å²) in [5.41, 5.74) is 10.3. The third-order valence-corrected chi connectivity index (χ3v) is 13.4. The van der Waals surface area contributed by atoms with Crippen LogP contribution < -0.4 is 0 Å². The zero-order valence-corrected chi connectivity index (χ0v) is 28.8. The zero-order valence-electron chi connectivity index (χ0n) is 28.0. The van der Waals surface area contributed by atoms with Crippen molar-refractivity contribution in [1.82, 2.24) is 9.55 Å². The van der Waals surface area contributed by atoms with Crippen molar-refractivity contribution in [2.45, 2.75) is 44.1 Å². The van der Waals surface area contributed by atoms with E-state index in [4.69, 9.17) is 9.40 Å². The van der Waals surface area contributed by atoms with E-state index < -0.39 is 10.0 Å². The Morgan fingerprint density at radius 1 is 0.711 bits per heavy atom. The Kier molecular flexibility index (Phi) is 7.01. The number of nitrogens with zero attached hydrogens (tertiary/aromatic N) is 2. The van der Waals surface area contributed by atoms with Gasteiger partial charge in [-0.3, -0.25) is 14.6 Å². The predicted molar refractivity (Wildman–Crippen MR) is 204 cm³/mol. The minimum absolute atomic E-state index is 0.0707. The van der Waals surface area contributed by atoms with Gasteiger partial charge in [-0.25, -0.2) is 4.98 Å². The summed E-state index contributed by atoms with van der Waals surface area (Å²) < 4.78 is 9.35. The highest BCUT2D eigenvalue weighted by atomic mass is 32.3. The summed E-state index contributed by atoms with van der Waals surface area (Å²) in [5, 5.41) is 4.57. The van der Waals surface area contributed by atoms with Crippen LogP contribution in [0.2, 0.25) is 0 Å². The van der Waals surface area contributed by atoms with Gasteiger partial charge in [-0.2, -0.15) is 0 Å². The lowest BCUT2D eigenvalue weighted by Crippen LogP contribution is -2.33. The standard InChI is InChI=1S/C39H42B2N2OS/c1-23(2)31-21-26(39(40,41)45(5,6)7)22-32(24(3)4)35(31)43-34-18-11-10-17-33(34)42-38(43)30-16-12-15-28-29-20-19-25-13-8-9-14-27(25)36(29)44-37(28)30/h8-24H,40-41H2,1-7H3. The summed E-state index contributed by atoms with van der Waals surface area (Å²) in [6.07, 6.45) is 7.30. The first-order valence-corrected chi connectivity index (χ1v) is 18.9. The van der Waals surface area contributed by atoms with Crippen LogP contribution in [0.25, 0.3) is 60.8 Å². The second-order valence-electron chi connectivity index (χ2n) is 14.4. The van der Waals surface area contributed by atoms with Crippen LogP contribution in [-0.2, 0) is 4.55 Å². The molecule has 5 aromatic carbocycles. The molecule has 0 amide bonds. The van der Waals surface area contributed by atoms with Crippen molar-refractivity contribution in [2.75, 3.05) is 18.8 Å². The molecule has 0 spiro atoms. The smallest absolute Gasteiger partial charge is 0.149 e. The number of para-hydroxylation sites is 3. The van der Waals surface area contributed by atoms with Crippen LogP contribution in [0.15, 0.2) is 95.4 Å². The topological polar surface area (TPSA) is 31.0 Å². The van der Waals surface area contributed by atoms with Crippen LogP contribution in [0.4, 0.5) is 0 Å². The molecule has 0 N–H and O–H groups in total. The lowest BCUT2D eigenvalue weighted by atomic mass is 9.64. The SMILES string of the molecule is BC(B)(c1cc(C(C)C)c(-n2c(-c3cccc4c3oc3c5ccccc5ccc43)nc3ccccc32)c(C(C)C)c1)S(C)(C)C. The van der Waals surface area contributed by atoms with Crippen LogP contribution in [0.5, 0.6) is 0 Å². The lowest BCUT2D eigenvalue weighted by Gasteiger charge is -2.45. The van der Waals surface area contributed by atoms with Crippen molar-refractivity contribution < 1.29 is 4.42 Å². The summed E-state index contributed by atoms with van der Waals surface area (Å²) in [5.74, 6) is 1.57. The van der Waals surface area contributed by atoms with E-state index in [1.54, 1.807) is 0 Å². The van der Waals surface area contributed by atoms with Gasteiger partial charge in [0, 0.05) is 16.2 Å². The molecule has 0 aliphatic rings. The maximum Gasteiger partial charge on any atom is 0.149 e. The molecule has 7 aromatic rings. The average molecular weight is 608 g/mol. The minimum atomic E-state index is -0.877. The molecule has 0 saturated carbocycles. The Morgan fingerprint density at radius 2 is 1.33 bits per heavy atom. The molecule has 226 valence electrons. The van der Waals surface area contributed by atoms with Crippen LogP contribution in [0.1, 0.15) is 56.2 Å². The molecule has 0 bridgehead atoms. The largest absolute Gasteiger partial charge is 0.455 e. The molecule has 3 nitrogen and oxygen atoms in total. The van der Waals surface area contributed by atoms with Gasteiger partial charge in [0.2, 0.25) is 0 Å². The number of aromatic nitrogens is 2. The second-order valence-corrected chi connectivity index (χ2v) is 19.1. The first kappa shape index (κ1) is 29.8. The summed E-state index contributed by atoms with van der Waals surface area (Å²) in [6.45, 7) is 9.31. The Labute approximate surface area is 270 Å². The number of fused-ring (bicyclic) bond motifs is 6. The Balaban J connectivity index is 1.59. The molecule has 2 aromatic heterocycles. The maximum absolute atomic E-state index is 6.84. The molecule has 7 rings (SSSR count). The molecule has 45 heavy (non-hydrogen) atoms. The Hall–Kier alpha value is -3.89. The zero-order chi connectivity index (χ0) is 31.8. The van der Waals surface area contributed by atoms with E-state index in [1.165, 1.54) is 27.8 Å². The number of imidazole rings is 1. The van der Waals surface area contributed by atoms with E-state index in [2.05, 4.69) is 158 Å². The molecular formula is C39H42B2N2OS. The van der Waals surface area contributed by atoms with E-state index in [1.807, 2.05) is 0 Å². The highest BCUT2D eigenvalue weighted by Gasteiger charge is 2.33. The van der Waals surface area contributed by atoms with E-state index in [0.717, 1.165) is 49.7 Å². The van der Waals surface area contributed by atoms with Crippen LogP contribution in [0, 0.1) is 0 Å². The Bertz CT molecular complexity index is 2220. The third-order valence-electron chi connectivity index (χ3n) is 10.1. The van der Waals surface area contributed by atoms with Crippen LogP contribution >= 0.6 is 10.0 Å².